The first kappa shape index (κ1) is 19.9. The topological polar surface area (TPSA) is 58.6 Å². The quantitative estimate of drug-likeness (QED) is 0.861. The molecule has 148 valence electrons. The zero-order chi connectivity index (χ0) is 20.1. The smallest absolute Gasteiger partial charge is 0.258 e. The van der Waals surface area contributed by atoms with Crippen LogP contribution in [0.4, 0.5) is 4.39 Å². The van der Waals surface area contributed by atoms with Gasteiger partial charge in [0.25, 0.3) is 11.8 Å². The van der Waals surface area contributed by atoms with E-state index in [1.165, 1.54) is 18.2 Å². The van der Waals surface area contributed by atoms with Gasteiger partial charge < -0.3 is 15.0 Å². The van der Waals surface area contributed by atoms with E-state index < -0.39 is 5.82 Å². The van der Waals surface area contributed by atoms with Crippen molar-refractivity contribution in [3.05, 3.63) is 65.0 Å². The van der Waals surface area contributed by atoms with Crippen LogP contribution in [-0.2, 0) is 4.79 Å². The number of carbonyl (C=O) groups is 2. The predicted molar refractivity (Wildman–Crippen MR) is 105 cm³/mol. The number of likely N-dealkylation sites (tertiary alicyclic amines) is 1. The minimum atomic E-state index is -0.420. The molecular formula is C22H25FN2O3. The highest BCUT2D eigenvalue weighted by molar-refractivity contribution is 5.94. The standard InChI is InChI=1S/C22H25FN2O3/c1-15-6-7-20(16(2)12-15)28-14-21(26)24-19-8-10-25(11-9-19)22(27)17-4-3-5-18(23)13-17/h3-7,12-13,19H,8-11,14H2,1-2H3,(H,24,26). The van der Waals surface area contributed by atoms with Crippen molar-refractivity contribution in [2.45, 2.75) is 32.7 Å². The molecule has 0 unspecified atom stereocenters. The van der Waals surface area contributed by atoms with E-state index in [-0.39, 0.29) is 24.5 Å². The van der Waals surface area contributed by atoms with Gasteiger partial charge in [-0.05, 0) is 56.5 Å². The van der Waals surface area contributed by atoms with E-state index in [0.29, 0.717) is 37.2 Å². The summed E-state index contributed by atoms with van der Waals surface area (Å²) in [4.78, 5) is 26.3. The van der Waals surface area contributed by atoms with Gasteiger partial charge in [0.2, 0.25) is 0 Å². The van der Waals surface area contributed by atoms with Crippen LogP contribution in [0, 0.1) is 19.7 Å². The van der Waals surface area contributed by atoms with Crippen LogP contribution in [0.3, 0.4) is 0 Å². The number of rotatable bonds is 5. The Bertz CT molecular complexity index is 861. The molecule has 0 spiro atoms. The molecule has 0 saturated carbocycles. The summed E-state index contributed by atoms with van der Waals surface area (Å²) in [6.07, 6.45) is 1.33. The van der Waals surface area contributed by atoms with Gasteiger partial charge in [0.1, 0.15) is 11.6 Å². The highest BCUT2D eigenvalue weighted by atomic mass is 19.1. The molecule has 1 fully saturated rings. The summed E-state index contributed by atoms with van der Waals surface area (Å²) in [5.41, 5.74) is 2.50. The molecule has 1 N–H and O–H groups in total. The second-order valence-corrected chi connectivity index (χ2v) is 7.20. The van der Waals surface area contributed by atoms with Crippen LogP contribution >= 0.6 is 0 Å². The lowest BCUT2D eigenvalue weighted by Crippen LogP contribution is -2.47. The number of nitrogens with one attached hydrogen (secondary N) is 1. The van der Waals surface area contributed by atoms with E-state index in [1.807, 2.05) is 32.0 Å². The number of piperidine rings is 1. The molecule has 2 amide bonds. The Kier molecular flexibility index (Phi) is 6.29. The molecule has 1 heterocycles. The Labute approximate surface area is 164 Å². The SMILES string of the molecule is Cc1ccc(OCC(=O)NC2CCN(C(=O)c3cccc(F)c3)CC2)c(C)c1. The van der Waals surface area contributed by atoms with Gasteiger partial charge in [-0.15, -0.1) is 0 Å². The molecule has 1 aliphatic rings. The van der Waals surface area contributed by atoms with Gasteiger partial charge >= 0.3 is 0 Å². The first-order chi connectivity index (χ1) is 13.4. The van der Waals surface area contributed by atoms with Crippen LogP contribution in [0.15, 0.2) is 42.5 Å². The van der Waals surface area contributed by atoms with E-state index >= 15 is 0 Å². The minimum absolute atomic E-state index is 0.00627. The number of nitrogens with zero attached hydrogens (tertiary/aromatic N) is 1. The molecule has 2 aromatic rings. The number of amides is 2. The third kappa shape index (κ3) is 5.09. The van der Waals surface area contributed by atoms with Crippen molar-refractivity contribution >= 4 is 11.8 Å². The van der Waals surface area contributed by atoms with Crippen molar-refractivity contribution in [2.24, 2.45) is 0 Å². The van der Waals surface area contributed by atoms with Crippen molar-refractivity contribution in [3.63, 3.8) is 0 Å². The zero-order valence-electron chi connectivity index (χ0n) is 16.2. The van der Waals surface area contributed by atoms with Gasteiger partial charge in [0, 0.05) is 24.7 Å². The molecule has 28 heavy (non-hydrogen) atoms. The molecule has 0 radical (unpaired) electrons. The predicted octanol–water partition coefficient (Wildman–Crippen LogP) is 3.24. The fraction of sp³-hybridized carbons (Fsp3) is 0.364. The van der Waals surface area contributed by atoms with Crippen LogP contribution in [-0.4, -0.2) is 42.5 Å². The molecule has 0 bridgehead atoms. The van der Waals surface area contributed by atoms with E-state index in [4.69, 9.17) is 4.74 Å². The first-order valence-corrected chi connectivity index (χ1v) is 9.46. The molecule has 3 rings (SSSR count). The van der Waals surface area contributed by atoms with Gasteiger partial charge in [-0.2, -0.15) is 0 Å². The van der Waals surface area contributed by atoms with E-state index in [9.17, 15) is 14.0 Å². The maximum Gasteiger partial charge on any atom is 0.258 e. The second kappa shape index (κ2) is 8.87. The lowest BCUT2D eigenvalue weighted by molar-refractivity contribution is -0.124. The Morgan fingerprint density at radius 1 is 1.14 bits per heavy atom. The fourth-order valence-corrected chi connectivity index (χ4v) is 3.40. The van der Waals surface area contributed by atoms with E-state index in [1.54, 1.807) is 11.0 Å². The van der Waals surface area contributed by atoms with Gasteiger partial charge in [-0.25, -0.2) is 4.39 Å². The minimum Gasteiger partial charge on any atom is -0.484 e. The van der Waals surface area contributed by atoms with Crippen LogP contribution in [0.1, 0.15) is 34.3 Å². The fourth-order valence-electron chi connectivity index (χ4n) is 3.40. The van der Waals surface area contributed by atoms with E-state index in [0.717, 1.165) is 11.1 Å². The highest BCUT2D eigenvalue weighted by Gasteiger charge is 2.24. The summed E-state index contributed by atoms with van der Waals surface area (Å²) in [7, 11) is 0. The largest absolute Gasteiger partial charge is 0.484 e. The summed E-state index contributed by atoms with van der Waals surface area (Å²) < 4.78 is 18.9. The van der Waals surface area contributed by atoms with Crippen molar-refractivity contribution in [2.75, 3.05) is 19.7 Å². The highest BCUT2D eigenvalue weighted by Crippen LogP contribution is 2.19. The Hall–Kier alpha value is -2.89. The average Bonchev–Trinajstić information content (AvgIpc) is 2.67. The number of benzene rings is 2. The summed E-state index contributed by atoms with van der Waals surface area (Å²) in [5, 5.41) is 2.97. The number of carbonyl (C=O) groups excluding carboxylic acids is 2. The first-order valence-electron chi connectivity index (χ1n) is 9.46. The molecule has 6 heteroatoms. The van der Waals surface area contributed by atoms with Crippen molar-refractivity contribution < 1.29 is 18.7 Å². The Morgan fingerprint density at radius 2 is 1.89 bits per heavy atom. The normalized spacial score (nSPS) is 14.6. The Morgan fingerprint density at radius 3 is 2.57 bits per heavy atom. The zero-order valence-corrected chi connectivity index (χ0v) is 16.2. The van der Waals surface area contributed by atoms with Gasteiger partial charge in [-0.1, -0.05) is 23.8 Å². The van der Waals surface area contributed by atoms with Crippen LogP contribution in [0.25, 0.3) is 0 Å². The maximum absolute atomic E-state index is 13.3. The molecule has 1 saturated heterocycles. The van der Waals surface area contributed by atoms with Crippen molar-refractivity contribution in [1.29, 1.82) is 0 Å². The Balaban J connectivity index is 1.44. The summed E-state index contributed by atoms with van der Waals surface area (Å²) >= 11 is 0. The van der Waals surface area contributed by atoms with Crippen LogP contribution in [0.2, 0.25) is 0 Å². The van der Waals surface area contributed by atoms with E-state index in [2.05, 4.69) is 5.32 Å². The number of halogens is 1. The molecule has 0 aromatic heterocycles. The number of ether oxygens (including phenoxy) is 1. The monoisotopic (exact) mass is 384 g/mol. The summed E-state index contributed by atoms with van der Waals surface area (Å²) in [6.45, 7) is 4.98. The lowest BCUT2D eigenvalue weighted by atomic mass is 10.0. The molecule has 2 aromatic carbocycles. The summed E-state index contributed by atoms with van der Waals surface area (Å²) in [6, 6.07) is 11.6. The molecule has 0 aliphatic carbocycles. The number of aryl methyl sites for hydroxylation is 2. The lowest BCUT2D eigenvalue weighted by Gasteiger charge is -2.32. The van der Waals surface area contributed by atoms with Crippen molar-refractivity contribution in [1.82, 2.24) is 10.2 Å². The molecule has 5 nitrogen and oxygen atoms in total. The molecular weight excluding hydrogens is 359 g/mol. The number of hydrogen-bond donors (Lipinski definition) is 1. The maximum atomic E-state index is 13.3. The van der Waals surface area contributed by atoms with Crippen LogP contribution in [0.5, 0.6) is 5.75 Å². The van der Waals surface area contributed by atoms with Crippen LogP contribution < -0.4 is 10.1 Å². The third-order valence-electron chi connectivity index (χ3n) is 4.91. The molecule has 0 atom stereocenters. The summed E-state index contributed by atoms with van der Waals surface area (Å²) in [5.74, 6) is -0.0644. The van der Waals surface area contributed by atoms with Gasteiger partial charge in [-0.3, -0.25) is 9.59 Å². The second-order valence-electron chi connectivity index (χ2n) is 7.20. The molecule has 1 aliphatic heterocycles. The van der Waals surface area contributed by atoms with Gasteiger partial charge in [0.15, 0.2) is 6.61 Å². The average molecular weight is 384 g/mol. The van der Waals surface area contributed by atoms with Gasteiger partial charge in [0.05, 0.1) is 0 Å². The van der Waals surface area contributed by atoms with Crippen molar-refractivity contribution in [3.8, 4) is 5.75 Å². The third-order valence-corrected chi connectivity index (χ3v) is 4.91. The number of hydrogen-bond acceptors (Lipinski definition) is 3.